The largest absolute Gasteiger partial charge is 0.497 e. The number of hydrogen-bond acceptors (Lipinski definition) is 4. The van der Waals surface area contributed by atoms with Gasteiger partial charge in [0.05, 0.1) is 12.0 Å². The summed E-state index contributed by atoms with van der Waals surface area (Å²) >= 11 is 0. The number of likely N-dealkylation sites (tertiary alicyclic amines) is 1. The molecule has 1 aliphatic carbocycles. The molecule has 0 bridgehead atoms. The highest BCUT2D eigenvalue weighted by Gasteiger charge is 2.34. The average Bonchev–Trinajstić information content (AvgIpc) is 3.28. The predicted octanol–water partition coefficient (Wildman–Crippen LogP) is 3.84. The number of carbonyl (C=O) groups is 1. The molecule has 6 nitrogen and oxygen atoms in total. The van der Waals surface area contributed by atoms with Gasteiger partial charge in [-0.2, -0.15) is 0 Å². The van der Waals surface area contributed by atoms with Gasteiger partial charge in [-0.3, -0.25) is 4.79 Å². The topological polar surface area (TPSA) is 75.7 Å². The van der Waals surface area contributed by atoms with Crippen LogP contribution in [0.5, 0.6) is 5.75 Å². The minimum atomic E-state index is -3.59. The first kappa shape index (κ1) is 23.8. The van der Waals surface area contributed by atoms with Crippen molar-refractivity contribution in [3.05, 3.63) is 35.9 Å². The second-order valence-corrected chi connectivity index (χ2v) is 11.0. The van der Waals surface area contributed by atoms with Crippen molar-refractivity contribution in [1.29, 1.82) is 0 Å². The Morgan fingerprint density at radius 1 is 1.19 bits per heavy atom. The number of nitrogens with zero attached hydrogens (tertiary/aromatic N) is 1. The van der Waals surface area contributed by atoms with Crippen LogP contribution in [0.25, 0.3) is 0 Å². The van der Waals surface area contributed by atoms with Crippen LogP contribution >= 0.6 is 0 Å². The maximum absolute atomic E-state index is 12.8. The first-order valence-electron chi connectivity index (χ1n) is 11.3. The lowest BCUT2D eigenvalue weighted by Gasteiger charge is -2.37. The molecule has 7 heteroatoms. The van der Waals surface area contributed by atoms with Gasteiger partial charge in [0.25, 0.3) is 0 Å². The number of benzene rings is 1. The maximum atomic E-state index is 12.8. The number of amides is 1. The van der Waals surface area contributed by atoms with Gasteiger partial charge in [-0.15, -0.1) is 0 Å². The molecule has 1 fully saturated rings. The second kappa shape index (κ2) is 10.2. The Kier molecular flexibility index (Phi) is 7.81. The Hall–Kier alpha value is -1.86. The molecule has 1 N–H and O–H groups in total. The molecule has 2 aliphatic rings. The van der Waals surface area contributed by atoms with Crippen LogP contribution in [0.2, 0.25) is 0 Å². The van der Waals surface area contributed by atoms with E-state index in [0.29, 0.717) is 30.6 Å². The quantitative estimate of drug-likeness (QED) is 0.613. The number of sulfonamides is 1. The Labute approximate surface area is 187 Å². The lowest BCUT2D eigenvalue weighted by molar-refractivity contribution is -0.131. The number of ether oxygens (including phenoxy) is 1. The third kappa shape index (κ3) is 5.89. The zero-order valence-electron chi connectivity index (χ0n) is 19.1. The van der Waals surface area contributed by atoms with Gasteiger partial charge in [-0.05, 0) is 74.1 Å². The summed E-state index contributed by atoms with van der Waals surface area (Å²) in [7, 11) is -2.04. The molecule has 172 valence electrons. The van der Waals surface area contributed by atoms with E-state index in [1.165, 1.54) is 5.57 Å². The standard InChI is InChI=1S/C24H36N2O4S/c1-17(2)23-14-19(15-24(27)26-11-5-6-12-26)18(3)13-20(23)16-25-31(28,29)22-9-7-21(30-4)8-10-22/h7-10,13,17,19-20,23,25H,5-6,11-12,14-16H2,1-4H3/t19-,20-,23-/m0/s1. The maximum Gasteiger partial charge on any atom is 0.240 e. The fraction of sp³-hybridized carbons (Fsp3) is 0.625. The molecule has 0 spiro atoms. The molecule has 1 aromatic rings. The summed E-state index contributed by atoms with van der Waals surface area (Å²) in [5.74, 6) is 1.99. The van der Waals surface area contributed by atoms with Gasteiger partial charge in [-0.25, -0.2) is 13.1 Å². The van der Waals surface area contributed by atoms with Crippen molar-refractivity contribution in [3.8, 4) is 5.75 Å². The number of nitrogens with one attached hydrogen (secondary N) is 1. The Balaban J connectivity index is 1.67. The molecule has 0 radical (unpaired) electrons. The fourth-order valence-corrected chi connectivity index (χ4v) is 5.93. The molecule has 1 saturated heterocycles. The van der Waals surface area contributed by atoms with Gasteiger partial charge < -0.3 is 9.64 Å². The molecule has 1 amide bonds. The summed E-state index contributed by atoms with van der Waals surface area (Å²) in [6, 6.07) is 6.42. The Bertz CT molecular complexity index is 887. The van der Waals surface area contributed by atoms with Crippen LogP contribution in [0.4, 0.5) is 0 Å². The summed E-state index contributed by atoms with van der Waals surface area (Å²) in [5, 5.41) is 0. The molecule has 3 rings (SSSR count). The van der Waals surface area contributed by atoms with Gasteiger partial charge in [0.1, 0.15) is 5.75 Å². The molecular formula is C24H36N2O4S. The van der Waals surface area contributed by atoms with Crippen LogP contribution in [-0.2, 0) is 14.8 Å². The zero-order valence-corrected chi connectivity index (χ0v) is 20.0. The van der Waals surface area contributed by atoms with E-state index < -0.39 is 10.0 Å². The molecule has 0 aromatic heterocycles. The number of rotatable bonds is 8. The van der Waals surface area contributed by atoms with Crippen molar-refractivity contribution in [3.63, 3.8) is 0 Å². The van der Waals surface area contributed by atoms with Gasteiger partial charge in [0.2, 0.25) is 15.9 Å². The Morgan fingerprint density at radius 2 is 1.84 bits per heavy atom. The minimum absolute atomic E-state index is 0.117. The first-order valence-corrected chi connectivity index (χ1v) is 12.8. The predicted molar refractivity (Wildman–Crippen MR) is 122 cm³/mol. The van der Waals surface area contributed by atoms with E-state index in [9.17, 15) is 13.2 Å². The van der Waals surface area contributed by atoms with Crippen LogP contribution < -0.4 is 9.46 Å². The molecular weight excluding hydrogens is 412 g/mol. The molecule has 1 heterocycles. The summed E-state index contributed by atoms with van der Waals surface area (Å²) < 4.78 is 33.4. The van der Waals surface area contributed by atoms with Crippen molar-refractivity contribution in [2.75, 3.05) is 26.7 Å². The first-order chi connectivity index (χ1) is 14.7. The van der Waals surface area contributed by atoms with Gasteiger partial charge in [0.15, 0.2) is 0 Å². The van der Waals surface area contributed by atoms with Crippen molar-refractivity contribution in [1.82, 2.24) is 9.62 Å². The lowest BCUT2D eigenvalue weighted by atomic mass is 9.70. The third-order valence-electron chi connectivity index (χ3n) is 6.84. The molecule has 1 aromatic carbocycles. The SMILES string of the molecule is COc1ccc(S(=O)(=O)NC[C@@H]2C=C(C)[C@H](CC(=O)N3CCCC3)C[C@H]2C(C)C)cc1. The molecule has 1 aliphatic heterocycles. The highest BCUT2D eigenvalue weighted by Crippen LogP contribution is 2.39. The molecule has 0 saturated carbocycles. The number of allylic oxidation sites excluding steroid dienone is 1. The summed E-state index contributed by atoms with van der Waals surface area (Å²) in [4.78, 5) is 14.9. The van der Waals surface area contributed by atoms with E-state index in [-0.39, 0.29) is 22.6 Å². The van der Waals surface area contributed by atoms with Crippen molar-refractivity contribution < 1.29 is 17.9 Å². The average molecular weight is 449 g/mol. The second-order valence-electron chi connectivity index (χ2n) is 9.23. The zero-order chi connectivity index (χ0) is 22.6. The van der Waals surface area contributed by atoms with Gasteiger partial charge in [-0.1, -0.05) is 25.5 Å². The normalized spacial score (nSPS) is 24.4. The van der Waals surface area contributed by atoms with Gasteiger partial charge >= 0.3 is 0 Å². The lowest BCUT2D eigenvalue weighted by Crippen LogP contribution is -2.38. The summed E-state index contributed by atoms with van der Waals surface area (Å²) in [5.41, 5.74) is 1.21. The Morgan fingerprint density at radius 3 is 2.42 bits per heavy atom. The van der Waals surface area contributed by atoms with Crippen LogP contribution in [0.3, 0.4) is 0 Å². The minimum Gasteiger partial charge on any atom is -0.497 e. The number of carbonyl (C=O) groups excluding carboxylic acids is 1. The van der Waals surface area contributed by atoms with Crippen LogP contribution in [0.15, 0.2) is 40.8 Å². The van der Waals surface area contributed by atoms with E-state index in [0.717, 1.165) is 32.4 Å². The highest BCUT2D eigenvalue weighted by atomic mass is 32.2. The van der Waals surface area contributed by atoms with E-state index >= 15 is 0 Å². The number of methoxy groups -OCH3 is 1. The number of hydrogen-bond donors (Lipinski definition) is 1. The van der Waals surface area contributed by atoms with Gasteiger partial charge in [0, 0.05) is 26.1 Å². The smallest absolute Gasteiger partial charge is 0.240 e. The highest BCUT2D eigenvalue weighted by molar-refractivity contribution is 7.89. The molecule has 0 unspecified atom stereocenters. The van der Waals surface area contributed by atoms with E-state index in [1.807, 2.05) is 4.90 Å². The van der Waals surface area contributed by atoms with Crippen molar-refractivity contribution >= 4 is 15.9 Å². The molecule has 3 atom stereocenters. The van der Waals surface area contributed by atoms with E-state index in [4.69, 9.17) is 4.74 Å². The monoisotopic (exact) mass is 448 g/mol. The van der Waals surface area contributed by atoms with Crippen LogP contribution in [0, 0.1) is 23.7 Å². The van der Waals surface area contributed by atoms with Crippen molar-refractivity contribution in [2.24, 2.45) is 23.7 Å². The van der Waals surface area contributed by atoms with Crippen molar-refractivity contribution in [2.45, 2.75) is 51.3 Å². The van der Waals surface area contributed by atoms with Crippen LogP contribution in [0.1, 0.15) is 46.5 Å². The fourth-order valence-electron chi connectivity index (χ4n) is 4.86. The van der Waals surface area contributed by atoms with Crippen LogP contribution in [-0.4, -0.2) is 46.0 Å². The summed E-state index contributed by atoms with van der Waals surface area (Å²) in [6.45, 7) is 8.59. The van der Waals surface area contributed by atoms with E-state index in [2.05, 4.69) is 31.6 Å². The summed E-state index contributed by atoms with van der Waals surface area (Å²) in [6.07, 6.45) is 5.91. The van der Waals surface area contributed by atoms with E-state index in [1.54, 1.807) is 31.4 Å². The molecule has 31 heavy (non-hydrogen) atoms. The third-order valence-corrected chi connectivity index (χ3v) is 8.28.